The van der Waals surface area contributed by atoms with Crippen LogP contribution in [0.2, 0.25) is 5.02 Å². The summed E-state index contributed by atoms with van der Waals surface area (Å²) in [7, 11) is 0. The zero-order valence-corrected chi connectivity index (χ0v) is 25.4. The van der Waals surface area contributed by atoms with Gasteiger partial charge in [0.15, 0.2) is 0 Å². The summed E-state index contributed by atoms with van der Waals surface area (Å²) in [5, 5.41) is 7.27. The normalized spacial score (nSPS) is 11.0. The van der Waals surface area contributed by atoms with Gasteiger partial charge < -0.3 is 15.4 Å². The molecule has 0 saturated carbocycles. The number of hydrogen-bond donors (Lipinski definition) is 2. The quantitative estimate of drug-likeness (QED) is 0.145. The van der Waals surface area contributed by atoms with E-state index in [4.69, 9.17) is 21.3 Å². The minimum Gasteiger partial charge on any atom is -0.470 e. The first-order valence-corrected chi connectivity index (χ1v) is 14.4. The lowest BCUT2D eigenvalue weighted by atomic mass is 9.99. The third-order valence-electron chi connectivity index (χ3n) is 6.82. The van der Waals surface area contributed by atoms with Crippen molar-refractivity contribution in [1.29, 1.82) is 0 Å². The molecule has 0 fully saturated rings. The number of aromatic nitrogens is 1. The van der Waals surface area contributed by atoms with Crippen molar-refractivity contribution < 1.29 is 14.3 Å². The number of ether oxygens (including phenoxy) is 1. The minimum atomic E-state index is -0.270. The Morgan fingerprint density at radius 2 is 1.71 bits per heavy atom. The lowest BCUT2D eigenvalue weighted by Gasteiger charge is -2.14. The van der Waals surface area contributed by atoms with Gasteiger partial charge in [-0.15, -0.1) is 0 Å². The van der Waals surface area contributed by atoms with Gasteiger partial charge in [-0.25, -0.2) is 4.98 Å². The van der Waals surface area contributed by atoms with Crippen LogP contribution < -0.4 is 10.6 Å². The lowest BCUT2D eigenvalue weighted by Crippen LogP contribution is -2.24. The molecular weight excluding hydrogens is 546 g/mol. The van der Waals surface area contributed by atoms with Crippen LogP contribution in [0.25, 0.3) is 22.2 Å². The summed E-state index contributed by atoms with van der Waals surface area (Å²) in [6.07, 6.45) is 5.00. The van der Waals surface area contributed by atoms with E-state index in [9.17, 15) is 9.59 Å². The van der Waals surface area contributed by atoms with E-state index in [0.717, 1.165) is 51.8 Å². The molecule has 1 aromatic heterocycles. The van der Waals surface area contributed by atoms with Crippen molar-refractivity contribution in [2.45, 2.75) is 47.5 Å². The molecular formula is C35H36ClN3O3. The Kier molecular flexibility index (Phi) is 10.2. The van der Waals surface area contributed by atoms with E-state index in [2.05, 4.69) is 16.7 Å². The number of anilines is 1. The van der Waals surface area contributed by atoms with E-state index >= 15 is 0 Å². The Morgan fingerprint density at radius 1 is 0.976 bits per heavy atom. The summed E-state index contributed by atoms with van der Waals surface area (Å²) in [5.41, 5.74) is 6.86. The zero-order chi connectivity index (χ0) is 30.2. The predicted molar refractivity (Wildman–Crippen MR) is 172 cm³/mol. The van der Waals surface area contributed by atoms with Crippen molar-refractivity contribution in [2.24, 2.45) is 0 Å². The Morgan fingerprint density at radius 3 is 2.40 bits per heavy atom. The fourth-order valence-corrected chi connectivity index (χ4v) is 4.94. The number of carbonyl (C=O) groups is 2. The molecule has 0 aliphatic heterocycles. The topological polar surface area (TPSA) is 80.3 Å². The number of amides is 2. The SMILES string of the molecule is C/C=C\OC(CCCNC(=O)c1ccc(NC(=O)c2cc(-c3ccccc3Cl)nc3c(C)cc(C)cc23)cc1)=C(C)C. The molecule has 216 valence electrons. The van der Waals surface area contributed by atoms with Crippen LogP contribution in [0.1, 0.15) is 65.5 Å². The summed E-state index contributed by atoms with van der Waals surface area (Å²) in [6, 6.07) is 20.1. The largest absolute Gasteiger partial charge is 0.470 e. The number of halogens is 1. The van der Waals surface area contributed by atoms with Crippen molar-refractivity contribution >= 4 is 40.0 Å². The maximum atomic E-state index is 13.6. The van der Waals surface area contributed by atoms with Crippen molar-refractivity contribution in [3.8, 4) is 11.3 Å². The number of nitrogens with one attached hydrogen (secondary N) is 2. The van der Waals surface area contributed by atoms with Crippen LogP contribution in [-0.4, -0.2) is 23.3 Å². The fourth-order valence-electron chi connectivity index (χ4n) is 4.71. The molecule has 2 amide bonds. The lowest BCUT2D eigenvalue weighted by molar-refractivity contribution is 0.0952. The third-order valence-corrected chi connectivity index (χ3v) is 7.15. The molecule has 4 aromatic rings. The molecule has 7 heteroatoms. The van der Waals surface area contributed by atoms with Crippen molar-refractivity contribution in [1.82, 2.24) is 10.3 Å². The van der Waals surface area contributed by atoms with Crippen molar-refractivity contribution in [3.63, 3.8) is 0 Å². The van der Waals surface area contributed by atoms with Crippen LogP contribution in [0.5, 0.6) is 0 Å². The first-order chi connectivity index (χ1) is 20.2. The van der Waals surface area contributed by atoms with Gasteiger partial charge in [-0.1, -0.05) is 47.5 Å². The summed E-state index contributed by atoms with van der Waals surface area (Å²) in [5.74, 6) is 0.471. The zero-order valence-electron chi connectivity index (χ0n) is 24.7. The first kappa shape index (κ1) is 30.5. The van der Waals surface area contributed by atoms with Crippen LogP contribution in [0, 0.1) is 13.8 Å². The van der Waals surface area contributed by atoms with Crippen molar-refractivity contribution in [2.75, 3.05) is 11.9 Å². The number of carbonyl (C=O) groups excluding carboxylic acids is 2. The minimum absolute atomic E-state index is 0.170. The summed E-state index contributed by atoms with van der Waals surface area (Å²) in [4.78, 5) is 31.2. The Balaban J connectivity index is 1.48. The van der Waals surface area contributed by atoms with Crippen LogP contribution in [0.4, 0.5) is 5.69 Å². The molecule has 0 aliphatic rings. The maximum absolute atomic E-state index is 13.6. The molecule has 0 unspecified atom stereocenters. The number of benzene rings is 3. The highest BCUT2D eigenvalue weighted by atomic mass is 35.5. The van der Waals surface area contributed by atoms with Gasteiger partial charge in [-0.3, -0.25) is 9.59 Å². The highest BCUT2D eigenvalue weighted by molar-refractivity contribution is 6.33. The first-order valence-electron chi connectivity index (χ1n) is 14.0. The summed E-state index contributed by atoms with van der Waals surface area (Å²) >= 11 is 6.48. The average Bonchev–Trinajstić information content (AvgIpc) is 2.96. The van der Waals surface area contributed by atoms with Crippen LogP contribution in [-0.2, 0) is 4.74 Å². The molecule has 0 radical (unpaired) electrons. The number of pyridine rings is 1. The van der Waals surface area contributed by atoms with E-state index in [1.807, 2.05) is 71.0 Å². The molecule has 4 rings (SSSR count). The van der Waals surface area contributed by atoms with Crippen LogP contribution in [0.3, 0.4) is 0 Å². The molecule has 0 saturated heterocycles. The Labute approximate surface area is 252 Å². The Hall–Kier alpha value is -4.42. The van der Waals surface area contributed by atoms with Crippen molar-refractivity contribution in [3.05, 3.63) is 118 Å². The number of hydrogen-bond acceptors (Lipinski definition) is 4. The molecule has 0 aliphatic carbocycles. The second-order valence-corrected chi connectivity index (χ2v) is 10.8. The monoisotopic (exact) mass is 581 g/mol. The second kappa shape index (κ2) is 14.0. The molecule has 3 aromatic carbocycles. The van der Waals surface area contributed by atoms with Gasteiger partial charge in [-0.2, -0.15) is 0 Å². The highest BCUT2D eigenvalue weighted by Gasteiger charge is 2.17. The second-order valence-electron chi connectivity index (χ2n) is 10.4. The maximum Gasteiger partial charge on any atom is 0.256 e. The van der Waals surface area contributed by atoms with E-state index in [-0.39, 0.29) is 11.8 Å². The van der Waals surface area contributed by atoms with E-state index in [1.165, 1.54) is 0 Å². The van der Waals surface area contributed by atoms with Gasteiger partial charge in [0.2, 0.25) is 0 Å². The third kappa shape index (κ3) is 7.45. The standard InChI is InChI=1S/C35H36ClN3O3/c1-6-18-42-32(22(2)3)12-9-17-37-34(40)25-13-15-26(16-14-25)38-35(41)29-21-31(27-10-7-8-11-30(27)36)39-33-24(5)19-23(4)20-28(29)33/h6-8,10-11,13-16,18-21H,9,12,17H2,1-5H3,(H,37,40)(H,38,41)/b18-6-. The van der Waals surface area contributed by atoms with Crippen LogP contribution >= 0.6 is 11.6 Å². The van der Waals surface area contributed by atoms with Gasteiger partial charge >= 0.3 is 0 Å². The van der Waals surface area contributed by atoms with Gasteiger partial charge in [0.25, 0.3) is 11.8 Å². The van der Waals surface area contributed by atoms with Gasteiger partial charge in [0.05, 0.1) is 23.0 Å². The smallest absolute Gasteiger partial charge is 0.256 e. The number of allylic oxidation sites excluding steroid dienone is 3. The molecule has 2 N–H and O–H groups in total. The van der Waals surface area contributed by atoms with Gasteiger partial charge in [0, 0.05) is 40.2 Å². The molecule has 0 spiro atoms. The van der Waals surface area contributed by atoms with E-state index < -0.39 is 0 Å². The van der Waals surface area contributed by atoms with Crippen LogP contribution in [0.15, 0.2) is 90.4 Å². The molecule has 0 atom stereocenters. The number of aryl methyl sites for hydroxylation is 2. The molecule has 0 bridgehead atoms. The van der Waals surface area contributed by atoms with E-state index in [0.29, 0.717) is 34.1 Å². The molecule has 6 nitrogen and oxygen atoms in total. The predicted octanol–water partition coefficient (Wildman–Crippen LogP) is 8.78. The number of fused-ring (bicyclic) bond motifs is 1. The van der Waals surface area contributed by atoms with Gasteiger partial charge in [0.1, 0.15) is 5.76 Å². The molecule has 42 heavy (non-hydrogen) atoms. The van der Waals surface area contributed by atoms with Gasteiger partial charge in [-0.05, 0) is 94.6 Å². The number of nitrogens with zero attached hydrogens (tertiary/aromatic N) is 1. The molecule has 1 heterocycles. The average molecular weight is 582 g/mol. The highest BCUT2D eigenvalue weighted by Crippen LogP contribution is 2.32. The Bertz CT molecular complexity index is 1670. The fraction of sp³-hybridized carbons (Fsp3) is 0.229. The number of rotatable bonds is 10. The van der Waals surface area contributed by atoms with E-state index in [1.54, 1.807) is 36.6 Å². The summed E-state index contributed by atoms with van der Waals surface area (Å²) in [6.45, 7) is 10.4. The summed E-state index contributed by atoms with van der Waals surface area (Å²) < 4.78 is 5.63.